The zero-order chi connectivity index (χ0) is 16.6. The predicted octanol–water partition coefficient (Wildman–Crippen LogP) is 4.08. The molecule has 0 spiro atoms. The van der Waals surface area contributed by atoms with E-state index in [4.69, 9.17) is 4.42 Å². The van der Waals surface area contributed by atoms with E-state index in [1.165, 1.54) is 5.56 Å². The molecule has 0 unspecified atom stereocenters. The average molecular weight is 311 g/mol. The molecular formula is C18H21N3O2. The Morgan fingerprint density at radius 1 is 1.35 bits per heavy atom. The molecule has 0 aliphatic carbocycles. The number of amides is 1. The standard InChI is InChI=1S/C18H21N3O2/c1-10(2)15-8-16(21-20-15)19-17(22)7-13-9-23-18-12(4)11(3)5-6-14(13)18/h5-6,8-10H,7H2,1-4H3,(H2,19,20,21,22). The maximum Gasteiger partial charge on any atom is 0.230 e. The van der Waals surface area contributed by atoms with Gasteiger partial charge < -0.3 is 9.73 Å². The summed E-state index contributed by atoms with van der Waals surface area (Å²) in [5, 5.41) is 10.9. The number of carbonyl (C=O) groups is 1. The fraction of sp³-hybridized carbons (Fsp3) is 0.333. The van der Waals surface area contributed by atoms with E-state index in [-0.39, 0.29) is 12.3 Å². The minimum Gasteiger partial charge on any atom is -0.464 e. The Morgan fingerprint density at radius 3 is 2.83 bits per heavy atom. The maximum absolute atomic E-state index is 12.2. The highest BCUT2D eigenvalue weighted by molar-refractivity contribution is 5.95. The molecule has 2 N–H and O–H groups in total. The lowest BCUT2D eigenvalue weighted by Gasteiger charge is -2.02. The van der Waals surface area contributed by atoms with Crippen LogP contribution in [0.15, 0.2) is 28.9 Å². The Hall–Kier alpha value is -2.56. The first-order valence-electron chi connectivity index (χ1n) is 7.77. The van der Waals surface area contributed by atoms with E-state index < -0.39 is 0 Å². The third-order valence-electron chi connectivity index (χ3n) is 4.18. The van der Waals surface area contributed by atoms with Crippen LogP contribution in [0.4, 0.5) is 5.82 Å². The molecule has 0 bridgehead atoms. The van der Waals surface area contributed by atoms with E-state index in [0.29, 0.717) is 11.7 Å². The zero-order valence-corrected chi connectivity index (χ0v) is 13.9. The van der Waals surface area contributed by atoms with Crippen LogP contribution in [-0.4, -0.2) is 16.1 Å². The summed E-state index contributed by atoms with van der Waals surface area (Å²) in [6, 6.07) is 5.93. The Labute approximate surface area is 135 Å². The monoisotopic (exact) mass is 311 g/mol. The van der Waals surface area contributed by atoms with Gasteiger partial charge in [-0.15, -0.1) is 0 Å². The second-order valence-electron chi connectivity index (χ2n) is 6.23. The minimum absolute atomic E-state index is 0.104. The molecule has 0 radical (unpaired) electrons. The number of nitrogens with one attached hydrogen (secondary N) is 2. The number of furan rings is 1. The number of anilines is 1. The van der Waals surface area contributed by atoms with Crippen LogP contribution in [0.2, 0.25) is 0 Å². The van der Waals surface area contributed by atoms with E-state index in [0.717, 1.165) is 27.8 Å². The molecule has 0 fully saturated rings. The van der Waals surface area contributed by atoms with Crippen molar-refractivity contribution >= 4 is 22.7 Å². The summed E-state index contributed by atoms with van der Waals surface area (Å²) in [6.07, 6.45) is 1.93. The van der Waals surface area contributed by atoms with Crippen molar-refractivity contribution in [2.24, 2.45) is 0 Å². The van der Waals surface area contributed by atoms with Crippen LogP contribution >= 0.6 is 0 Å². The van der Waals surface area contributed by atoms with Crippen molar-refractivity contribution in [3.8, 4) is 0 Å². The van der Waals surface area contributed by atoms with E-state index >= 15 is 0 Å². The summed E-state index contributed by atoms with van der Waals surface area (Å²) < 4.78 is 5.65. The van der Waals surface area contributed by atoms with Gasteiger partial charge in [-0.25, -0.2) is 0 Å². The molecular weight excluding hydrogens is 290 g/mol. The number of aromatic amines is 1. The smallest absolute Gasteiger partial charge is 0.230 e. The highest BCUT2D eigenvalue weighted by Gasteiger charge is 2.14. The van der Waals surface area contributed by atoms with Gasteiger partial charge in [-0.2, -0.15) is 5.10 Å². The van der Waals surface area contributed by atoms with Gasteiger partial charge in [-0.05, 0) is 30.9 Å². The van der Waals surface area contributed by atoms with E-state index in [2.05, 4.69) is 35.4 Å². The molecule has 3 aromatic rings. The second kappa shape index (κ2) is 5.91. The Morgan fingerprint density at radius 2 is 2.13 bits per heavy atom. The Bertz CT molecular complexity index is 858. The number of fused-ring (bicyclic) bond motifs is 1. The number of aromatic nitrogens is 2. The highest BCUT2D eigenvalue weighted by Crippen LogP contribution is 2.27. The van der Waals surface area contributed by atoms with Crippen LogP contribution in [0.5, 0.6) is 0 Å². The van der Waals surface area contributed by atoms with Crippen molar-refractivity contribution in [3.05, 3.63) is 46.8 Å². The summed E-state index contributed by atoms with van der Waals surface area (Å²) in [5.74, 6) is 0.795. The first-order valence-corrected chi connectivity index (χ1v) is 7.77. The number of nitrogens with zero attached hydrogens (tertiary/aromatic N) is 1. The molecule has 2 heterocycles. The number of hydrogen-bond acceptors (Lipinski definition) is 3. The second-order valence-corrected chi connectivity index (χ2v) is 6.23. The van der Waals surface area contributed by atoms with Crippen molar-refractivity contribution in [2.45, 2.75) is 40.0 Å². The van der Waals surface area contributed by atoms with Gasteiger partial charge in [-0.1, -0.05) is 26.0 Å². The summed E-state index contributed by atoms with van der Waals surface area (Å²) >= 11 is 0. The van der Waals surface area contributed by atoms with Crippen molar-refractivity contribution in [3.63, 3.8) is 0 Å². The summed E-state index contributed by atoms with van der Waals surface area (Å²) in [4.78, 5) is 12.2. The quantitative estimate of drug-likeness (QED) is 0.762. The molecule has 1 aromatic carbocycles. The van der Waals surface area contributed by atoms with Gasteiger partial charge in [0.1, 0.15) is 5.58 Å². The largest absolute Gasteiger partial charge is 0.464 e. The normalized spacial score (nSPS) is 11.3. The highest BCUT2D eigenvalue weighted by atomic mass is 16.3. The third-order valence-corrected chi connectivity index (χ3v) is 4.18. The van der Waals surface area contributed by atoms with Crippen LogP contribution in [0.25, 0.3) is 11.0 Å². The van der Waals surface area contributed by atoms with Gasteiger partial charge in [0.15, 0.2) is 5.82 Å². The number of rotatable bonds is 4. The van der Waals surface area contributed by atoms with Crippen LogP contribution in [-0.2, 0) is 11.2 Å². The number of hydrogen-bond donors (Lipinski definition) is 2. The van der Waals surface area contributed by atoms with Gasteiger partial charge in [0.05, 0.1) is 12.7 Å². The topological polar surface area (TPSA) is 70.9 Å². The van der Waals surface area contributed by atoms with Gasteiger partial charge in [0, 0.05) is 22.7 Å². The minimum atomic E-state index is -0.104. The third kappa shape index (κ3) is 2.99. The van der Waals surface area contributed by atoms with Crippen LogP contribution in [0.1, 0.15) is 42.1 Å². The van der Waals surface area contributed by atoms with Crippen LogP contribution in [0, 0.1) is 13.8 Å². The lowest BCUT2D eigenvalue weighted by atomic mass is 10.0. The molecule has 0 saturated heterocycles. The molecule has 3 rings (SSSR count). The SMILES string of the molecule is Cc1ccc2c(CC(=O)Nc3cc(C(C)C)[nH]n3)coc2c1C. The van der Waals surface area contributed by atoms with Crippen molar-refractivity contribution in [1.82, 2.24) is 10.2 Å². The summed E-state index contributed by atoms with van der Waals surface area (Å²) in [7, 11) is 0. The Kier molecular flexibility index (Phi) is 3.94. The zero-order valence-electron chi connectivity index (χ0n) is 13.9. The molecule has 23 heavy (non-hydrogen) atoms. The molecule has 0 aliphatic heterocycles. The van der Waals surface area contributed by atoms with Crippen molar-refractivity contribution in [1.29, 1.82) is 0 Å². The van der Waals surface area contributed by atoms with Gasteiger partial charge in [0.2, 0.25) is 5.91 Å². The Balaban J connectivity index is 1.76. The molecule has 0 saturated carbocycles. The number of aryl methyl sites for hydroxylation is 2. The molecule has 0 aliphatic rings. The van der Waals surface area contributed by atoms with Crippen LogP contribution in [0.3, 0.4) is 0 Å². The predicted molar refractivity (Wildman–Crippen MR) is 90.7 cm³/mol. The molecule has 5 nitrogen and oxygen atoms in total. The van der Waals surface area contributed by atoms with E-state index in [1.807, 2.05) is 26.0 Å². The van der Waals surface area contributed by atoms with Gasteiger partial charge in [-0.3, -0.25) is 9.89 Å². The summed E-state index contributed by atoms with van der Waals surface area (Å²) in [6.45, 7) is 8.22. The molecule has 0 atom stereocenters. The molecule has 1 amide bonds. The van der Waals surface area contributed by atoms with E-state index in [1.54, 1.807) is 6.26 Å². The van der Waals surface area contributed by atoms with E-state index in [9.17, 15) is 4.79 Å². The lowest BCUT2D eigenvalue weighted by molar-refractivity contribution is -0.115. The number of H-pyrrole nitrogens is 1. The number of carbonyl (C=O) groups excluding carboxylic acids is 1. The fourth-order valence-corrected chi connectivity index (χ4v) is 2.58. The van der Waals surface area contributed by atoms with Crippen molar-refractivity contribution in [2.75, 3.05) is 5.32 Å². The molecule has 2 aromatic heterocycles. The number of benzene rings is 1. The van der Waals surface area contributed by atoms with Crippen molar-refractivity contribution < 1.29 is 9.21 Å². The lowest BCUT2D eigenvalue weighted by Crippen LogP contribution is -2.14. The van der Waals surface area contributed by atoms with Gasteiger partial charge >= 0.3 is 0 Å². The van der Waals surface area contributed by atoms with Crippen LogP contribution < -0.4 is 5.32 Å². The fourth-order valence-electron chi connectivity index (χ4n) is 2.58. The first-order chi connectivity index (χ1) is 11.0. The summed E-state index contributed by atoms with van der Waals surface area (Å²) in [5.41, 5.74) is 5.04. The molecule has 120 valence electrons. The molecule has 5 heteroatoms. The maximum atomic E-state index is 12.2. The average Bonchev–Trinajstić information content (AvgIpc) is 3.11. The van der Waals surface area contributed by atoms with Gasteiger partial charge in [0.25, 0.3) is 0 Å². The first kappa shape index (κ1) is 15.3.